The minimum absolute atomic E-state index is 0.430. The topological polar surface area (TPSA) is 24.9 Å². The molecule has 2 heteroatoms. The molecule has 1 aliphatic rings. The van der Waals surface area contributed by atoms with Crippen molar-refractivity contribution in [3.63, 3.8) is 0 Å². The van der Waals surface area contributed by atoms with Crippen molar-refractivity contribution in [2.45, 2.75) is 65.5 Å². The van der Waals surface area contributed by atoms with Crippen LogP contribution in [0, 0.1) is 11.3 Å². The van der Waals surface area contributed by atoms with E-state index in [4.69, 9.17) is 0 Å². The van der Waals surface area contributed by atoms with E-state index >= 15 is 0 Å². The van der Waals surface area contributed by atoms with Gasteiger partial charge in [-0.05, 0) is 61.6 Å². The Kier molecular flexibility index (Phi) is 4.62. The van der Waals surface area contributed by atoms with Crippen molar-refractivity contribution >= 4 is 0 Å². The zero-order valence-electron chi connectivity index (χ0n) is 12.8. The molecule has 1 N–H and O–H groups in total. The SMILES string of the molecule is C[C@H](NC1CCC(C(C)(C)C)CC1)c1ccncc1. The van der Waals surface area contributed by atoms with Crippen LogP contribution in [0.2, 0.25) is 0 Å². The number of hydrogen-bond donors (Lipinski definition) is 1. The normalized spacial score (nSPS) is 26.1. The highest BCUT2D eigenvalue weighted by Gasteiger charge is 2.29. The molecule has 1 aliphatic carbocycles. The van der Waals surface area contributed by atoms with Gasteiger partial charge in [-0.2, -0.15) is 0 Å². The standard InChI is InChI=1S/C17H28N2/c1-13(14-9-11-18-12-10-14)19-16-7-5-15(6-8-16)17(2,3)4/h9-13,15-16,19H,5-8H2,1-4H3/t13-,15?,16?/m0/s1. The predicted molar refractivity (Wildman–Crippen MR) is 81.0 cm³/mol. The zero-order chi connectivity index (χ0) is 13.9. The second-order valence-corrected chi connectivity index (χ2v) is 7.08. The maximum atomic E-state index is 4.08. The van der Waals surface area contributed by atoms with Crippen LogP contribution in [0.5, 0.6) is 0 Å². The largest absolute Gasteiger partial charge is 0.307 e. The lowest BCUT2D eigenvalue weighted by molar-refractivity contribution is 0.157. The molecular formula is C17H28N2. The van der Waals surface area contributed by atoms with Crippen LogP contribution < -0.4 is 5.32 Å². The summed E-state index contributed by atoms with van der Waals surface area (Å²) in [5, 5.41) is 3.78. The van der Waals surface area contributed by atoms with Gasteiger partial charge in [0, 0.05) is 24.5 Å². The first-order valence-electron chi connectivity index (χ1n) is 7.63. The zero-order valence-corrected chi connectivity index (χ0v) is 12.8. The second kappa shape index (κ2) is 6.04. The highest BCUT2D eigenvalue weighted by molar-refractivity contribution is 5.14. The molecule has 0 spiro atoms. The van der Waals surface area contributed by atoms with E-state index in [2.05, 4.69) is 50.1 Å². The summed E-state index contributed by atoms with van der Waals surface area (Å²) in [6, 6.07) is 5.33. The summed E-state index contributed by atoms with van der Waals surface area (Å²) in [6.45, 7) is 9.40. The van der Waals surface area contributed by atoms with Gasteiger partial charge >= 0.3 is 0 Å². The van der Waals surface area contributed by atoms with Gasteiger partial charge in [-0.15, -0.1) is 0 Å². The molecule has 2 rings (SSSR count). The number of aromatic nitrogens is 1. The lowest BCUT2D eigenvalue weighted by atomic mass is 9.71. The third-order valence-electron chi connectivity index (χ3n) is 4.64. The molecule has 1 saturated carbocycles. The maximum absolute atomic E-state index is 4.08. The number of pyridine rings is 1. The summed E-state index contributed by atoms with van der Waals surface area (Å²) in [5.74, 6) is 0.891. The van der Waals surface area contributed by atoms with Crippen LogP contribution in [0.1, 0.15) is 65.0 Å². The third-order valence-corrected chi connectivity index (χ3v) is 4.64. The van der Waals surface area contributed by atoms with Crippen molar-refractivity contribution in [2.75, 3.05) is 0 Å². The Balaban J connectivity index is 1.83. The van der Waals surface area contributed by atoms with Gasteiger partial charge < -0.3 is 5.32 Å². The minimum Gasteiger partial charge on any atom is -0.307 e. The van der Waals surface area contributed by atoms with E-state index in [1.165, 1.54) is 31.2 Å². The first kappa shape index (κ1) is 14.5. The van der Waals surface area contributed by atoms with Crippen molar-refractivity contribution < 1.29 is 0 Å². The predicted octanol–water partition coefficient (Wildman–Crippen LogP) is 4.34. The minimum atomic E-state index is 0.430. The number of nitrogens with zero attached hydrogens (tertiary/aromatic N) is 1. The maximum Gasteiger partial charge on any atom is 0.0295 e. The Morgan fingerprint density at radius 3 is 2.21 bits per heavy atom. The average Bonchev–Trinajstić information content (AvgIpc) is 2.39. The van der Waals surface area contributed by atoms with E-state index in [0.717, 1.165) is 5.92 Å². The fourth-order valence-corrected chi connectivity index (χ4v) is 3.23. The van der Waals surface area contributed by atoms with Gasteiger partial charge in [-0.3, -0.25) is 4.98 Å². The summed E-state index contributed by atoms with van der Waals surface area (Å²) >= 11 is 0. The van der Waals surface area contributed by atoms with Gasteiger partial charge in [0.1, 0.15) is 0 Å². The molecule has 0 unspecified atom stereocenters. The molecule has 1 aromatic heterocycles. The Hall–Kier alpha value is -0.890. The van der Waals surface area contributed by atoms with Crippen LogP contribution in [0.25, 0.3) is 0 Å². The highest BCUT2D eigenvalue weighted by atomic mass is 14.9. The summed E-state index contributed by atoms with van der Waals surface area (Å²) in [6.07, 6.45) is 9.12. The smallest absolute Gasteiger partial charge is 0.0295 e. The average molecular weight is 260 g/mol. The van der Waals surface area contributed by atoms with Crippen molar-refractivity contribution in [3.8, 4) is 0 Å². The van der Waals surface area contributed by atoms with Gasteiger partial charge in [0.2, 0.25) is 0 Å². The summed E-state index contributed by atoms with van der Waals surface area (Å²) in [5.41, 5.74) is 1.81. The van der Waals surface area contributed by atoms with Crippen LogP contribution in [0.3, 0.4) is 0 Å². The molecule has 1 heterocycles. The highest BCUT2D eigenvalue weighted by Crippen LogP contribution is 2.38. The van der Waals surface area contributed by atoms with Crippen molar-refractivity contribution in [3.05, 3.63) is 30.1 Å². The second-order valence-electron chi connectivity index (χ2n) is 7.08. The van der Waals surface area contributed by atoms with Gasteiger partial charge in [0.15, 0.2) is 0 Å². The number of rotatable bonds is 3. The van der Waals surface area contributed by atoms with E-state index in [1.54, 1.807) is 0 Å². The summed E-state index contributed by atoms with van der Waals surface area (Å²) in [7, 11) is 0. The molecule has 0 aromatic carbocycles. The van der Waals surface area contributed by atoms with E-state index in [-0.39, 0.29) is 0 Å². The van der Waals surface area contributed by atoms with Crippen LogP contribution >= 0.6 is 0 Å². The van der Waals surface area contributed by atoms with Gasteiger partial charge in [0.25, 0.3) is 0 Å². The van der Waals surface area contributed by atoms with E-state index in [9.17, 15) is 0 Å². The molecule has 0 bridgehead atoms. The van der Waals surface area contributed by atoms with Crippen LogP contribution in [-0.4, -0.2) is 11.0 Å². The van der Waals surface area contributed by atoms with E-state index in [1.807, 2.05) is 12.4 Å². The van der Waals surface area contributed by atoms with Crippen molar-refractivity contribution in [2.24, 2.45) is 11.3 Å². The Morgan fingerprint density at radius 2 is 1.68 bits per heavy atom. The van der Waals surface area contributed by atoms with Gasteiger partial charge in [-0.1, -0.05) is 20.8 Å². The molecular weight excluding hydrogens is 232 g/mol. The molecule has 0 radical (unpaired) electrons. The van der Waals surface area contributed by atoms with Crippen LogP contribution in [0.15, 0.2) is 24.5 Å². The fourth-order valence-electron chi connectivity index (χ4n) is 3.23. The van der Waals surface area contributed by atoms with Crippen molar-refractivity contribution in [1.29, 1.82) is 0 Å². The molecule has 2 nitrogen and oxygen atoms in total. The first-order valence-corrected chi connectivity index (χ1v) is 7.63. The molecule has 1 fully saturated rings. The Morgan fingerprint density at radius 1 is 1.11 bits per heavy atom. The van der Waals surface area contributed by atoms with Gasteiger partial charge in [-0.25, -0.2) is 0 Å². The Bertz CT molecular complexity index is 372. The van der Waals surface area contributed by atoms with Gasteiger partial charge in [0.05, 0.1) is 0 Å². The molecule has 1 atom stereocenters. The fraction of sp³-hybridized carbons (Fsp3) is 0.706. The number of nitrogens with one attached hydrogen (secondary N) is 1. The van der Waals surface area contributed by atoms with Crippen LogP contribution in [0.4, 0.5) is 0 Å². The number of hydrogen-bond acceptors (Lipinski definition) is 2. The van der Waals surface area contributed by atoms with E-state index < -0.39 is 0 Å². The monoisotopic (exact) mass is 260 g/mol. The quantitative estimate of drug-likeness (QED) is 0.874. The van der Waals surface area contributed by atoms with E-state index in [0.29, 0.717) is 17.5 Å². The lowest BCUT2D eigenvalue weighted by Gasteiger charge is -2.38. The third kappa shape index (κ3) is 4.04. The summed E-state index contributed by atoms with van der Waals surface area (Å²) < 4.78 is 0. The molecule has 1 aromatic rings. The van der Waals surface area contributed by atoms with Crippen LogP contribution in [-0.2, 0) is 0 Å². The first-order chi connectivity index (χ1) is 8.97. The Labute approximate surface area is 118 Å². The molecule has 0 saturated heterocycles. The lowest BCUT2D eigenvalue weighted by Crippen LogP contribution is -2.37. The summed E-state index contributed by atoms with van der Waals surface area (Å²) in [4.78, 5) is 4.08. The molecule has 0 amide bonds. The van der Waals surface area contributed by atoms with Crippen molar-refractivity contribution in [1.82, 2.24) is 10.3 Å². The molecule has 0 aliphatic heterocycles. The molecule has 106 valence electrons. The molecule has 19 heavy (non-hydrogen) atoms.